The highest BCUT2D eigenvalue weighted by Crippen LogP contribution is 2.43. The van der Waals surface area contributed by atoms with Gasteiger partial charge in [0.2, 0.25) is 11.8 Å². The average Bonchev–Trinajstić information content (AvgIpc) is 2.75. The highest BCUT2D eigenvalue weighted by molar-refractivity contribution is 6.02. The maximum atomic E-state index is 12.5. The van der Waals surface area contributed by atoms with Gasteiger partial charge in [-0.25, -0.2) is 0 Å². The molecule has 30 heavy (non-hydrogen) atoms. The zero-order valence-electron chi connectivity index (χ0n) is 17.7. The number of ether oxygens (including phenoxy) is 1. The number of carbonyl (C=O) groups is 3. The number of benzene rings is 1. The van der Waals surface area contributed by atoms with E-state index in [4.69, 9.17) is 4.74 Å². The molecule has 4 rings (SSSR count). The molecule has 0 unspecified atom stereocenters. The van der Waals surface area contributed by atoms with Crippen molar-refractivity contribution in [1.82, 2.24) is 10.2 Å². The first-order chi connectivity index (χ1) is 14.5. The predicted octanol–water partition coefficient (Wildman–Crippen LogP) is 1.10. The van der Waals surface area contributed by atoms with Crippen LogP contribution in [0, 0.1) is 0 Å². The Bertz CT molecular complexity index is 834. The maximum Gasteiger partial charge on any atom is 0.319 e. The highest BCUT2D eigenvalue weighted by atomic mass is 16.5. The second-order valence-electron chi connectivity index (χ2n) is 8.42. The van der Waals surface area contributed by atoms with E-state index in [1.807, 2.05) is 0 Å². The normalized spacial score (nSPS) is 23.2. The van der Waals surface area contributed by atoms with Gasteiger partial charge in [-0.3, -0.25) is 24.6 Å². The number of methoxy groups -OCH3 is 1. The van der Waals surface area contributed by atoms with Crippen LogP contribution in [-0.2, 0) is 19.1 Å². The number of amides is 2. The molecule has 1 aromatic rings. The summed E-state index contributed by atoms with van der Waals surface area (Å²) < 4.78 is 4.79. The largest absolute Gasteiger partial charge is 0.468 e. The van der Waals surface area contributed by atoms with E-state index in [2.05, 4.69) is 45.3 Å². The molecule has 3 aliphatic rings. The smallest absolute Gasteiger partial charge is 0.319 e. The van der Waals surface area contributed by atoms with Gasteiger partial charge in [-0.15, -0.1) is 0 Å². The van der Waals surface area contributed by atoms with Crippen LogP contribution in [0.2, 0.25) is 0 Å². The summed E-state index contributed by atoms with van der Waals surface area (Å²) in [5.41, 5.74) is 3.58. The molecule has 0 radical (unpaired) electrons. The molecule has 2 saturated heterocycles. The van der Waals surface area contributed by atoms with Gasteiger partial charge in [-0.2, -0.15) is 0 Å². The van der Waals surface area contributed by atoms with Crippen LogP contribution in [0.4, 0.5) is 11.4 Å². The van der Waals surface area contributed by atoms with Crippen LogP contribution in [0.25, 0.3) is 0 Å². The third kappa shape index (κ3) is 4.01. The van der Waals surface area contributed by atoms with Crippen molar-refractivity contribution in [3.8, 4) is 0 Å². The summed E-state index contributed by atoms with van der Waals surface area (Å²) in [7, 11) is 3.53. The first kappa shape index (κ1) is 20.7. The number of piperidine rings is 2. The molecule has 3 aliphatic heterocycles. The Morgan fingerprint density at radius 3 is 2.60 bits per heavy atom. The van der Waals surface area contributed by atoms with Crippen LogP contribution in [0.5, 0.6) is 0 Å². The van der Waals surface area contributed by atoms with E-state index in [9.17, 15) is 14.4 Å². The van der Waals surface area contributed by atoms with Crippen LogP contribution in [0.3, 0.4) is 0 Å². The minimum Gasteiger partial charge on any atom is -0.468 e. The van der Waals surface area contributed by atoms with Crippen molar-refractivity contribution in [3.05, 3.63) is 23.8 Å². The van der Waals surface area contributed by atoms with Crippen molar-refractivity contribution in [2.24, 2.45) is 0 Å². The second-order valence-corrected chi connectivity index (χ2v) is 8.42. The number of hydrogen-bond acceptors (Lipinski definition) is 7. The molecule has 8 heteroatoms. The third-order valence-electron chi connectivity index (χ3n) is 6.61. The van der Waals surface area contributed by atoms with Crippen molar-refractivity contribution in [2.45, 2.75) is 37.6 Å². The van der Waals surface area contributed by atoms with Crippen LogP contribution in [0.15, 0.2) is 18.2 Å². The number of para-hydroxylation sites is 1. The van der Waals surface area contributed by atoms with E-state index in [0.29, 0.717) is 25.3 Å². The highest BCUT2D eigenvalue weighted by Gasteiger charge is 2.36. The monoisotopic (exact) mass is 414 g/mol. The Balaban J connectivity index is 1.55. The zero-order valence-corrected chi connectivity index (χ0v) is 17.7. The summed E-state index contributed by atoms with van der Waals surface area (Å²) >= 11 is 0. The molecule has 3 heterocycles. The first-order valence-corrected chi connectivity index (χ1v) is 10.7. The molecule has 0 aromatic heterocycles. The maximum absolute atomic E-state index is 12.5. The molecule has 1 atom stereocenters. The summed E-state index contributed by atoms with van der Waals surface area (Å²) in [6.07, 6.45) is 2.92. The molecule has 0 bridgehead atoms. The molecule has 2 fully saturated rings. The third-order valence-corrected chi connectivity index (χ3v) is 6.61. The summed E-state index contributed by atoms with van der Waals surface area (Å²) in [6.45, 7) is 3.67. The molecular formula is C22H30N4O4. The molecule has 0 spiro atoms. The van der Waals surface area contributed by atoms with Gasteiger partial charge in [0, 0.05) is 26.6 Å². The van der Waals surface area contributed by atoms with Crippen molar-refractivity contribution in [2.75, 3.05) is 56.7 Å². The quantitative estimate of drug-likeness (QED) is 0.584. The van der Waals surface area contributed by atoms with Crippen LogP contribution in [0.1, 0.15) is 37.2 Å². The van der Waals surface area contributed by atoms with Crippen LogP contribution in [-0.4, -0.2) is 75.6 Å². The number of hydrogen-bond donors (Lipinski definition) is 1. The molecule has 0 aliphatic carbocycles. The number of nitrogens with zero attached hydrogens (tertiary/aromatic N) is 3. The average molecular weight is 415 g/mol. The lowest BCUT2D eigenvalue weighted by Crippen LogP contribution is -2.55. The number of nitrogens with one attached hydrogen (secondary N) is 1. The van der Waals surface area contributed by atoms with Gasteiger partial charge in [-0.05, 0) is 49.9 Å². The number of likely N-dealkylation sites (tertiary alicyclic amines) is 1. The lowest BCUT2D eigenvalue weighted by atomic mass is 9.86. The summed E-state index contributed by atoms with van der Waals surface area (Å²) in [5.74, 6) is -0.149. The van der Waals surface area contributed by atoms with Gasteiger partial charge in [0.1, 0.15) is 6.04 Å². The molecule has 8 nitrogen and oxygen atoms in total. The Labute approximate surface area is 177 Å². The Morgan fingerprint density at radius 1 is 1.13 bits per heavy atom. The van der Waals surface area contributed by atoms with Gasteiger partial charge >= 0.3 is 5.97 Å². The molecule has 0 saturated carbocycles. The van der Waals surface area contributed by atoms with E-state index < -0.39 is 0 Å². The first-order valence-electron chi connectivity index (χ1n) is 10.7. The molecule has 1 N–H and O–H groups in total. The number of likely N-dealkylation sites (N-methyl/N-ethyl adjacent to an activating group) is 1. The van der Waals surface area contributed by atoms with E-state index in [1.165, 1.54) is 18.4 Å². The SMILES string of the molecule is COC(=O)CN1CCC(c2cccc3c2N(C)CCN3[C@@H]2CCC(=O)NC2=O)CC1. The molecule has 1 aromatic carbocycles. The lowest BCUT2D eigenvalue weighted by Gasteiger charge is -2.44. The van der Waals surface area contributed by atoms with Crippen molar-refractivity contribution < 1.29 is 19.1 Å². The van der Waals surface area contributed by atoms with Crippen molar-refractivity contribution in [3.63, 3.8) is 0 Å². The number of fused-ring (bicyclic) bond motifs is 1. The second kappa shape index (κ2) is 8.63. The summed E-state index contributed by atoms with van der Waals surface area (Å²) in [4.78, 5) is 42.3. The van der Waals surface area contributed by atoms with Crippen molar-refractivity contribution in [1.29, 1.82) is 0 Å². The van der Waals surface area contributed by atoms with E-state index in [-0.39, 0.29) is 23.8 Å². The summed E-state index contributed by atoms with van der Waals surface area (Å²) in [6, 6.07) is 6.06. The van der Waals surface area contributed by atoms with E-state index >= 15 is 0 Å². The molecular weight excluding hydrogens is 384 g/mol. The number of carbonyl (C=O) groups excluding carboxylic acids is 3. The fourth-order valence-corrected chi connectivity index (χ4v) is 4.97. The minimum atomic E-state index is -0.299. The lowest BCUT2D eigenvalue weighted by molar-refractivity contribution is -0.142. The zero-order chi connectivity index (χ0) is 21.3. The standard InChI is InChI=1S/C22H30N4O4/c1-24-12-13-26(18-6-7-19(27)23-22(18)29)17-5-3-4-16(21(17)24)15-8-10-25(11-9-15)14-20(28)30-2/h3-5,15,18H,6-14H2,1-2H3,(H,23,27,29)/t18-/m1/s1. The van der Waals surface area contributed by atoms with Gasteiger partial charge in [0.15, 0.2) is 0 Å². The Hall–Kier alpha value is -2.61. The van der Waals surface area contributed by atoms with Crippen LogP contribution < -0.4 is 15.1 Å². The fourth-order valence-electron chi connectivity index (χ4n) is 4.97. The number of imide groups is 1. The molecule has 162 valence electrons. The van der Waals surface area contributed by atoms with Crippen LogP contribution >= 0.6 is 0 Å². The van der Waals surface area contributed by atoms with Gasteiger partial charge in [-0.1, -0.05) is 12.1 Å². The Kier molecular flexibility index (Phi) is 5.94. The van der Waals surface area contributed by atoms with Gasteiger partial charge in [0.25, 0.3) is 0 Å². The van der Waals surface area contributed by atoms with E-state index in [0.717, 1.165) is 44.7 Å². The summed E-state index contributed by atoms with van der Waals surface area (Å²) in [5, 5.41) is 2.50. The molecule has 2 amide bonds. The van der Waals surface area contributed by atoms with Gasteiger partial charge < -0.3 is 14.5 Å². The number of anilines is 2. The topological polar surface area (TPSA) is 82.2 Å². The fraction of sp³-hybridized carbons (Fsp3) is 0.591. The predicted molar refractivity (Wildman–Crippen MR) is 114 cm³/mol. The van der Waals surface area contributed by atoms with E-state index in [1.54, 1.807) is 0 Å². The number of esters is 1. The Morgan fingerprint density at radius 2 is 1.90 bits per heavy atom. The van der Waals surface area contributed by atoms with Gasteiger partial charge in [0.05, 0.1) is 25.0 Å². The van der Waals surface area contributed by atoms with Crippen molar-refractivity contribution >= 4 is 29.2 Å². The minimum absolute atomic E-state index is 0.182. The number of rotatable bonds is 4.